The smallest absolute Gasteiger partial charge is 0.218 e. The molecule has 0 radical (unpaired) electrons. The highest BCUT2D eigenvalue weighted by atomic mass is 16.5. The minimum atomic E-state index is 0.494. The quantitative estimate of drug-likeness (QED) is 0.846. The number of anilines is 1. The molecule has 0 atom stereocenters. The third-order valence-corrected chi connectivity index (χ3v) is 3.03. The van der Waals surface area contributed by atoms with Crippen molar-refractivity contribution in [2.24, 2.45) is 5.92 Å². The molecule has 2 rings (SSSR count). The van der Waals surface area contributed by atoms with Gasteiger partial charge in [-0.1, -0.05) is 19.8 Å². The Morgan fingerprint density at radius 3 is 2.81 bits per heavy atom. The maximum atomic E-state index is 5.69. The molecule has 1 heterocycles. The molecule has 16 heavy (non-hydrogen) atoms. The Labute approximate surface area is 96.2 Å². The van der Waals surface area contributed by atoms with Gasteiger partial charge in [0.15, 0.2) is 0 Å². The van der Waals surface area contributed by atoms with Gasteiger partial charge >= 0.3 is 0 Å². The molecule has 1 aliphatic rings. The maximum Gasteiger partial charge on any atom is 0.218 e. The number of hydrogen-bond acceptors (Lipinski definition) is 4. The van der Waals surface area contributed by atoms with Gasteiger partial charge in [0.1, 0.15) is 11.6 Å². The minimum Gasteiger partial charge on any atom is -0.477 e. The number of aryl methyl sites for hydroxylation is 1. The van der Waals surface area contributed by atoms with Gasteiger partial charge in [0, 0.05) is 12.5 Å². The van der Waals surface area contributed by atoms with Gasteiger partial charge < -0.3 is 10.5 Å². The van der Waals surface area contributed by atoms with Gasteiger partial charge in [0.05, 0.1) is 6.61 Å². The average molecular weight is 221 g/mol. The second-order valence-electron chi connectivity index (χ2n) is 4.36. The van der Waals surface area contributed by atoms with Gasteiger partial charge in [-0.05, 0) is 18.8 Å². The predicted octanol–water partition coefficient (Wildman–Crippen LogP) is 2.19. The summed E-state index contributed by atoms with van der Waals surface area (Å²) in [6.45, 7) is 2.77. The molecule has 0 amide bonds. The van der Waals surface area contributed by atoms with Gasteiger partial charge in [0.2, 0.25) is 5.88 Å². The van der Waals surface area contributed by atoms with Crippen LogP contribution in [0.2, 0.25) is 0 Å². The number of ether oxygens (including phenoxy) is 1. The highest BCUT2D eigenvalue weighted by molar-refractivity contribution is 5.32. The number of nitrogens with zero attached hydrogens (tertiary/aromatic N) is 2. The van der Waals surface area contributed by atoms with Crippen molar-refractivity contribution in [2.75, 3.05) is 12.3 Å². The van der Waals surface area contributed by atoms with Crippen LogP contribution in [-0.4, -0.2) is 16.6 Å². The average Bonchev–Trinajstić information content (AvgIpc) is 2.78. The normalized spacial score (nSPS) is 16.6. The Balaban J connectivity index is 1.94. The van der Waals surface area contributed by atoms with Crippen LogP contribution in [-0.2, 0) is 6.42 Å². The first-order valence-corrected chi connectivity index (χ1v) is 6.04. The molecule has 1 fully saturated rings. The SMILES string of the molecule is CCc1nc(N)cc(OCC2CCCC2)n1. The number of aromatic nitrogens is 2. The fraction of sp³-hybridized carbons (Fsp3) is 0.667. The lowest BCUT2D eigenvalue weighted by Gasteiger charge is -2.11. The summed E-state index contributed by atoms with van der Waals surface area (Å²) in [4.78, 5) is 8.42. The first-order valence-electron chi connectivity index (χ1n) is 6.04. The van der Waals surface area contributed by atoms with Crippen molar-refractivity contribution in [1.29, 1.82) is 0 Å². The molecule has 1 aromatic rings. The third kappa shape index (κ3) is 2.84. The first kappa shape index (κ1) is 11.2. The van der Waals surface area contributed by atoms with E-state index in [1.807, 2.05) is 6.92 Å². The van der Waals surface area contributed by atoms with E-state index < -0.39 is 0 Å². The Morgan fingerprint density at radius 1 is 1.38 bits per heavy atom. The van der Waals surface area contributed by atoms with E-state index in [1.165, 1.54) is 25.7 Å². The molecule has 1 aromatic heterocycles. The fourth-order valence-corrected chi connectivity index (χ4v) is 2.10. The standard InChI is InChI=1S/C12H19N3O/c1-2-11-14-10(13)7-12(15-11)16-8-9-5-3-4-6-9/h7,9H,2-6,8H2,1H3,(H2,13,14,15). The lowest BCUT2D eigenvalue weighted by atomic mass is 10.1. The molecule has 0 spiro atoms. The van der Waals surface area contributed by atoms with Crippen LogP contribution in [0.3, 0.4) is 0 Å². The lowest BCUT2D eigenvalue weighted by molar-refractivity contribution is 0.242. The molecule has 1 saturated carbocycles. The summed E-state index contributed by atoms with van der Waals surface area (Å²) in [5.74, 6) is 2.56. The molecule has 0 saturated heterocycles. The molecule has 1 aliphatic carbocycles. The minimum absolute atomic E-state index is 0.494. The summed E-state index contributed by atoms with van der Waals surface area (Å²) in [7, 11) is 0. The summed E-state index contributed by atoms with van der Waals surface area (Å²) in [5.41, 5.74) is 5.69. The largest absolute Gasteiger partial charge is 0.477 e. The molecule has 2 N–H and O–H groups in total. The van der Waals surface area contributed by atoms with Gasteiger partial charge in [-0.3, -0.25) is 0 Å². The summed E-state index contributed by atoms with van der Waals surface area (Å²) in [6, 6.07) is 1.70. The molecule has 0 unspecified atom stereocenters. The van der Waals surface area contributed by atoms with Crippen LogP contribution in [0.1, 0.15) is 38.4 Å². The molecule has 4 nitrogen and oxygen atoms in total. The van der Waals surface area contributed by atoms with Crippen molar-refractivity contribution in [3.8, 4) is 5.88 Å². The molecule has 4 heteroatoms. The second kappa shape index (κ2) is 5.14. The molecule has 0 aliphatic heterocycles. The fourth-order valence-electron chi connectivity index (χ4n) is 2.10. The zero-order valence-corrected chi connectivity index (χ0v) is 9.78. The molecule has 88 valence electrons. The zero-order chi connectivity index (χ0) is 11.4. The third-order valence-electron chi connectivity index (χ3n) is 3.03. The van der Waals surface area contributed by atoms with E-state index in [0.717, 1.165) is 18.9 Å². The number of nitrogens with two attached hydrogens (primary N) is 1. The highest BCUT2D eigenvalue weighted by Gasteiger charge is 2.16. The van der Waals surface area contributed by atoms with Crippen molar-refractivity contribution >= 4 is 5.82 Å². The van der Waals surface area contributed by atoms with E-state index in [2.05, 4.69) is 9.97 Å². The summed E-state index contributed by atoms with van der Waals surface area (Å²) < 4.78 is 5.68. The second-order valence-corrected chi connectivity index (χ2v) is 4.36. The summed E-state index contributed by atoms with van der Waals surface area (Å²) >= 11 is 0. The van der Waals surface area contributed by atoms with Crippen LogP contribution in [0.5, 0.6) is 5.88 Å². The van der Waals surface area contributed by atoms with Crippen molar-refractivity contribution < 1.29 is 4.74 Å². The van der Waals surface area contributed by atoms with Gasteiger partial charge in [-0.15, -0.1) is 0 Å². The summed E-state index contributed by atoms with van der Waals surface area (Å²) in [6.07, 6.45) is 6.01. The topological polar surface area (TPSA) is 61.0 Å². The van der Waals surface area contributed by atoms with Crippen molar-refractivity contribution in [2.45, 2.75) is 39.0 Å². The molecule has 0 aromatic carbocycles. The summed E-state index contributed by atoms with van der Waals surface area (Å²) in [5, 5.41) is 0. The van der Waals surface area contributed by atoms with Crippen LogP contribution >= 0.6 is 0 Å². The van der Waals surface area contributed by atoms with Gasteiger partial charge in [0.25, 0.3) is 0 Å². The van der Waals surface area contributed by atoms with Crippen molar-refractivity contribution in [3.63, 3.8) is 0 Å². The van der Waals surface area contributed by atoms with Crippen LogP contribution in [0, 0.1) is 5.92 Å². The first-order chi connectivity index (χ1) is 7.78. The lowest BCUT2D eigenvalue weighted by Crippen LogP contribution is -2.10. The van der Waals surface area contributed by atoms with E-state index in [9.17, 15) is 0 Å². The van der Waals surface area contributed by atoms with Crippen LogP contribution in [0.15, 0.2) is 6.07 Å². The number of nitrogen functional groups attached to an aromatic ring is 1. The van der Waals surface area contributed by atoms with Crippen LogP contribution in [0.4, 0.5) is 5.82 Å². The van der Waals surface area contributed by atoms with Crippen LogP contribution in [0.25, 0.3) is 0 Å². The van der Waals surface area contributed by atoms with E-state index >= 15 is 0 Å². The Hall–Kier alpha value is -1.32. The van der Waals surface area contributed by atoms with Gasteiger partial charge in [-0.2, -0.15) is 4.98 Å². The molecule has 0 bridgehead atoms. The monoisotopic (exact) mass is 221 g/mol. The molecular weight excluding hydrogens is 202 g/mol. The number of hydrogen-bond donors (Lipinski definition) is 1. The highest BCUT2D eigenvalue weighted by Crippen LogP contribution is 2.25. The number of rotatable bonds is 4. The zero-order valence-electron chi connectivity index (χ0n) is 9.78. The molecular formula is C12H19N3O. The van der Waals surface area contributed by atoms with E-state index in [-0.39, 0.29) is 0 Å². The van der Waals surface area contributed by atoms with Crippen molar-refractivity contribution in [1.82, 2.24) is 9.97 Å². The Morgan fingerprint density at radius 2 is 2.12 bits per heavy atom. The van der Waals surface area contributed by atoms with Crippen molar-refractivity contribution in [3.05, 3.63) is 11.9 Å². The van der Waals surface area contributed by atoms with Crippen LogP contribution < -0.4 is 10.5 Å². The van der Waals surface area contributed by atoms with E-state index in [4.69, 9.17) is 10.5 Å². The Kier molecular flexibility index (Phi) is 3.59. The van der Waals surface area contributed by atoms with Gasteiger partial charge in [-0.25, -0.2) is 4.98 Å². The maximum absolute atomic E-state index is 5.69. The Bertz CT molecular complexity index is 348. The van der Waals surface area contributed by atoms with E-state index in [0.29, 0.717) is 17.6 Å². The van der Waals surface area contributed by atoms with E-state index in [1.54, 1.807) is 6.07 Å². The predicted molar refractivity (Wildman–Crippen MR) is 63.3 cm³/mol.